The highest BCUT2D eigenvalue weighted by Gasteiger charge is 2.27. The third kappa shape index (κ3) is 5.90. The number of carbonyl (C=O) groups excluding carboxylic acids is 1. The SMILES string of the molecule is CCCCCN(Cc1nc(C(=O)OC)co1)S(=O)(=O)c1ccc(C(C)(C)C)cc1. The summed E-state index contributed by atoms with van der Waals surface area (Å²) < 4.78 is 37.8. The second-order valence-corrected chi connectivity index (χ2v) is 9.88. The van der Waals surface area contributed by atoms with Crippen LogP contribution in [0.3, 0.4) is 0 Å². The van der Waals surface area contributed by atoms with Gasteiger partial charge in [0.1, 0.15) is 6.26 Å². The third-order valence-electron chi connectivity index (χ3n) is 4.63. The highest BCUT2D eigenvalue weighted by atomic mass is 32.2. The Kier molecular flexibility index (Phi) is 7.60. The standard InChI is InChI=1S/C21H30N2O5S/c1-6-7-8-13-23(14-19-22-18(15-28-19)20(24)27-5)29(25,26)17-11-9-16(10-12-17)21(2,3)4/h9-12,15H,6-8,13-14H2,1-5H3. The average molecular weight is 423 g/mol. The number of rotatable bonds is 9. The molecule has 0 radical (unpaired) electrons. The Morgan fingerprint density at radius 3 is 2.38 bits per heavy atom. The molecule has 0 saturated heterocycles. The lowest BCUT2D eigenvalue weighted by molar-refractivity contribution is 0.0594. The molecule has 0 aliphatic carbocycles. The molecule has 0 spiro atoms. The van der Waals surface area contributed by atoms with Crippen molar-refractivity contribution in [2.45, 2.75) is 63.8 Å². The maximum atomic E-state index is 13.3. The van der Waals surface area contributed by atoms with E-state index in [0.29, 0.717) is 6.54 Å². The minimum absolute atomic E-state index is 0.0166. The smallest absolute Gasteiger partial charge is 0.360 e. The van der Waals surface area contributed by atoms with Gasteiger partial charge < -0.3 is 9.15 Å². The monoisotopic (exact) mass is 422 g/mol. The number of sulfonamides is 1. The largest absolute Gasteiger partial charge is 0.464 e. The van der Waals surface area contributed by atoms with Crippen LogP contribution in [0.4, 0.5) is 0 Å². The number of unbranched alkanes of at least 4 members (excludes halogenated alkanes) is 2. The zero-order valence-electron chi connectivity index (χ0n) is 17.8. The highest BCUT2D eigenvalue weighted by molar-refractivity contribution is 7.89. The third-order valence-corrected chi connectivity index (χ3v) is 6.49. The van der Waals surface area contributed by atoms with Gasteiger partial charge in [-0.15, -0.1) is 0 Å². The van der Waals surface area contributed by atoms with Crippen molar-refractivity contribution in [1.82, 2.24) is 9.29 Å². The van der Waals surface area contributed by atoms with E-state index in [2.05, 4.69) is 37.4 Å². The van der Waals surface area contributed by atoms with Gasteiger partial charge >= 0.3 is 5.97 Å². The second kappa shape index (κ2) is 9.54. The van der Waals surface area contributed by atoms with E-state index in [4.69, 9.17) is 4.42 Å². The molecule has 2 rings (SSSR count). The lowest BCUT2D eigenvalue weighted by Crippen LogP contribution is -2.32. The van der Waals surface area contributed by atoms with Crippen molar-refractivity contribution in [3.05, 3.63) is 47.7 Å². The summed E-state index contributed by atoms with van der Waals surface area (Å²) in [7, 11) is -2.49. The molecule has 0 bridgehead atoms. The summed E-state index contributed by atoms with van der Waals surface area (Å²) in [6.07, 6.45) is 3.78. The number of esters is 1. The first-order valence-corrected chi connectivity index (χ1v) is 11.2. The van der Waals surface area contributed by atoms with Crippen LogP contribution in [0.2, 0.25) is 0 Å². The number of hydrogen-bond acceptors (Lipinski definition) is 6. The maximum absolute atomic E-state index is 13.3. The van der Waals surface area contributed by atoms with E-state index in [1.807, 2.05) is 12.1 Å². The van der Waals surface area contributed by atoms with Gasteiger partial charge in [-0.25, -0.2) is 18.2 Å². The Morgan fingerprint density at radius 2 is 1.83 bits per heavy atom. The van der Waals surface area contributed by atoms with Crippen LogP contribution < -0.4 is 0 Å². The first-order valence-electron chi connectivity index (χ1n) is 9.73. The van der Waals surface area contributed by atoms with Crippen LogP contribution in [0.5, 0.6) is 0 Å². The van der Waals surface area contributed by atoms with E-state index < -0.39 is 16.0 Å². The summed E-state index contributed by atoms with van der Waals surface area (Å²) >= 11 is 0. The molecule has 0 aliphatic heterocycles. The van der Waals surface area contributed by atoms with Crippen molar-refractivity contribution in [2.75, 3.05) is 13.7 Å². The minimum atomic E-state index is -3.74. The molecule has 0 saturated carbocycles. The summed E-state index contributed by atoms with van der Waals surface area (Å²) in [6.45, 7) is 8.58. The molecule has 29 heavy (non-hydrogen) atoms. The van der Waals surface area contributed by atoms with Crippen LogP contribution in [-0.2, 0) is 26.7 Å². The van der Waals surface area contributed by atoms with Gasteiger partial charge in [0.2, 0.25) is 15.9 Å². The van der Waals surface area contributed by atoms with E-state index >= 15 is 0 Å². The Balaban J connectivity index is 2.29. The van der Waals surface area contributed by atoms with Crippen LogP contribution >= 0.6 is 0 Å². The molecular weight excluding hydrogens is 392 g/mol. The van der Waals surface area contributed by atoms with E-state index in [-0.39, 0.29) is 28.4 Å². The van der Waals surface area contributed by atoms with E-state index in [9.17, 15) is 13.2 Å². The summed E-state index contributed by atoms with van der Waals surface area (Å²) in [6, 6.07) is 6.96. The molecule has 7 nitrogen and oxygen atoms in total. The molecule has 1 aromatic heterocycles. The summed E-state index contributed by atoms with van der Waals surface area (Å²) in [4.78, 5) is 15.9. The predicted octanol–water partition coefficient (Wildman–Crippen LogP) is 4.14. The van der Waals surface area contributed by atoms with Crippen LogP contribution in [0.1, 0.15) is 68.9 Å². The Hall–Kier alpha value is -2.19. The quantitative estimate of drug-likeness (QED) is 0.446. The molecule has 160 valence electrons. The topological polar surface area (TPSA) is 89.7 Å². The average Bonchev–Trinajstić information content (AvgIpc) is 3.15. The van der Waals surface area contributed by atoms with Gasteiger partial charge in [0.25, 0.3) is 0 Å². The molecule has 8 heteroatoms. The molecular formula is C21H30N2O5S. The van der Waals surface area contributed by atoms with Crippen molar-refractivity contribution in [1.29, 1.82) is 0 Å². The maximum Gasteiger partial charge on any atom is 0.360 e. The minimum Gasteiger partial charge on any atom is -0.464 e. The van der Waals surface area contributed by atoms with Gasteiger partial charge in [-0.05, 0) is 29.5 Å². The number of hydrogen-bond donors (Lipinski definition) is 0. The number of nitrogens with zero attached hydrogens (tertiary/aromatic N) is 2. The molecule has 0 amide bonds. The summed E-state index contributed by atoms with van der Waals surface area (Å²) in [5, 5.41) is 0. The van der Waals surface area contributed by atoms with Gasteiger partial charge in [0.15, 0.2) is 5.69 Å². The Morgan fingerprint density at radius 1 is 1.17 bits per heavy atom. The van der Waals surface area contributed by atoms with Crippen molar-refractivity contribution < 1.29 is 22.4 Å². The van der Waals surface area contributed by atoms with Crippen LogP contribution in [-0.4, -0.2) is 37.3 Å². The van der Waals surface area contributed by atoms with Crippen molar-refractivity contribution in [3.63, 3.8) is 0 Å². The fourth-order valence-electron chi connectivity index (χ4n) is 2.83. The fourth-order valence-corrected chi connectivity index (χ4v) is 4.26. The van der Waals surface area contributed by atoms with Crippen LogP contribution in [0.25, 0.3) is 0 Å². The normalized spacial score (nSPS) is 12.3. The molecule has 0 atom stereocenters. The predicted molar refractivity (Wildman–Crippen MR) is 110 cm³/mol. The number of methoxy groups -OCH3 is 1. The van der Waals surface area contributed by atoms with E-state index in [1.54, 1.807) is 12.1 Å². The van der Waals surface area contributed by atoms with Crippen molar-refractivity contribution >= 4 is 16.0 Å². The van der Waals surface area contributed by atoms with Crippen molar-refractivity contribution in [2.24, 2.45) is 0 Å². The summed E-state index contributed by atoms with van der Waals surface area (Å²) in [5.74, 6) is -0.477. The van der Waals surface area contributed by atoms with Crippen LogP contribution in [0, 0.1) is 0 Å². The number of aromatic nitrogens is 1. The van der Waals surface area contributed by atoms with Gasteiger partial charge in [0, 0.05) is 6.54 Å². The molecule has 0 aliphatic rings. The molecule has 0 N–H and O–H groups in total. The van der Waals surface area contributed by atoms with Gasteiger partial charge in [-0.2, -0.15) is 4.31 Å². The molecule has 0 unspecified atom stereocenters. The zero-order chi connectivity index (χ0) is 21.7. The molecule has 1 heterocycles. The lowest BCUT2D eigenvalue weighted by atomic mass is 9.87. The number of carbonyl (C=O) groups is 1. The number of benzene rings is 1. The zero-order valence-corrected chi connectivity index (χ0v) is 18.6. The van der Waals surface area contributed by atoms with Crippen molar-refractivity contribution in [3.8, 4) is 0 Å². The lowest BCUT2D eigenvalue weighted by Gasteiger charge is -2.22. The first-order chi connectivity index (χ1) is 13.6. The highest BCUT2D eigenvalue weighted by Crippen LogP contribution is 2.25. The molecule has 2 aromatic rings. The van der Waals surface area contributed by atoms with E-state index in [0.717, 1.165) is 24.8 Å². The van der Waals surface area contributed by atoms with Gasteiger partial charge in [0.05, 0.1) is 18.6 Å². The Bertz CT molecular complexity index is 911. The Labute approximate surface area is 173 Å². The van der Waals surface area contributed by atoms with E-state index in [1.165, 1.54) is 17.7 Å². The first kappa shape index (κ1) is 23.1. The van der Waals surface area contributed by atoms with Crippen LogP contribution in [0.15, 0.2) is 39.8 Å². The second-order valence-electron chi connectivity index (χ2n) is 7.94. The molecule has 0 fully saturated rings. The number of oxazole rings is 1. The molecule has 1 aromatic carbocycles. The number of ether oxygens (including phenoxy) is 1. The summed E-state index contributed by atoms with van der Waals surface area (Å²) in [5.41, 5.74) is 1.01. The van der Waals surface area contributed by atoms with Gasteiger partial charge in [-0.1, -0.05) is 52.7 Å². The van der Waals surface area contributed by atoms with Gasteiger partial charge in [-0.3, -0.25) is 0 Å². The fraction of sp³-hybridized carbons (Fsp3) is 0.524.